The van der Waals surface area contributed by atoms with E-state index >= 15 is 4.39 Å². The molecule has 1 saturated carbocycles. The average Bonchev–Trinajstić information content (AvgIpc) is 3.17. The standard InChI is InChI=1S/C23H26FN3O4/c1-13-12-31-22-19(15-5-4-14(8-15)10-26(2)7-3-6-25)18(24)9-16-20(22)27(13)11-17(21(16)28)23(29)30/h9,11,13-15H,3-5,7-8,10,12H2,1-2H3,(H,29,30). The van der Waals surface area contributed by atoms with Crippen LogP contribution in [0, 0.1) is 23.1 Å². The van der Waals surface area contributed by atoms with Crippen LogP contribution < -0.4 is 10.2 Å². The van der Waals surface area contributed by atoms with Crippen LogP contribution in [0.5, 0.6) is 5.75 Å². The molecule has 1 aromatic carbocycles. The van der Waals surface area contributed by atoms with Crippen molar-refractivity contribution in [3.05, 3.63) is 39.4 Å². The maximum absolute atomic E-state index is 15.3. The highest BCUT2D eigenvalue weighted by atomic mass is 19.1. The van der Waals surface area contributed by atoms with Crippen molar-refractivity contribution in [3.63, 3.8) is 0 Å². The van der Waals surface area contributed by atoms with Crippen molar-refractivity contribution in [1.29, 1.82) is 5.26 Å². The van der Waals surface area contributed by atoms with Crippen molar-refractivity contribution in [3.8, 4) is 11.8 Å². The van der Waals surface area contributed by atoms with Crippen LogP contribution in [0.4, 0.5) is 4.39 Å². The molecular formula is C23H26FN3O4. The number of nitriles is 1. The zero-order valence-electron chi connectivity index (χ0n) is 17.7. The molecule has 1 N–H and O–H groups in total. The number of benzene rings is 1. The fourth-order valence-electron chi connectivity index (χ4n) is 5.05. The first-order chi connectivity index (χ1) is 14.8. The molecule has 0 bridgehead atoms. The third-order valence-electron chi connectivity index (χ3n) is 6.56. The molecule has 1 fully saturated rings. The maximum Gasteiger partial charge on any atom is 0.341 e. The van der Waals surface area contributed by atoms with Crippen molar-refractivity contribution >= 4 is 16.9 Å². The number of ether oxygens (including phenoxy) is 1. The molecule has 7 nitrogen and oxygen atoms in total. The monoisotopic (exact) mass is 427 g/mol. The Labute approximate surface area is 179 Å². The number of carboxylic acids is 1. The zero-order chi connectivity index (χ0) is 22.3. The molecule has 1 aliphatic heterocycles. The largest absolute Gasteiger partial charge is 0.489 e. The predicted octanol–water partition coefficient (Wildman–Crippen LogP) is 3.52. The van der Waals surface area contributed by atoms with E-state index in [1.807, 2.05) is 14.0 Å². The second-order valence-electron chi connectivity index (χ2n) is 8.79. The van der Waals surface area contributed by atoms with Gasteiger partial charge in [-0.3, -0.25) is 4.79 Å². The van der Waals surface area contributed by atoms with Crippen LogP contribution >= 0.6 is 0 Å². The molecule has 0 radical (unpaired) electrons. The molecule has 3 unspecified atom stereocenters. The first-order valence-electron chi connectivity index (χ1n) is 10.6. The summed E-state index contributed by atoms with van der Waals surface area (Å²) in [5, 5.41) is 18.2. The van der Waals surface area contributed by atoms with Crippen LogP contribution in [0.1, 0.15) is 60.5 Å². The zero-order valence-corrected chi connectivity index (χ0v) is 17.7. The van der Waals surface area contributed by atoms with Crippen LogP contribution in [-0.4, -0.2) is 47.3 Å². The van der Waals surface area contributed by atoms with Crippen LogP contribution in [0.2, 0.25) is 0 Å². The molecule has 4 rings (SSSR count). The smallest absolute Gasteiger partial charge is 0.341 e. The van der Waals surface area contributed by atoms with Gasteiger partial charge in [-0.1, -0.05) is 0 Å². The summed E-state index contributed by atoms with van der Waals surface area (Å²) in [7, 11) is 1.99. The Morgan fingerprint density at radius 3 is 2.94 bits per heavy atom. The van der Waals surface area contributed by atoms with E-state index in [0.717, 1.165) is 25.8 Å². The van der Waals surface area contributed by atoms with E-state index in [0.29, 0.717) is 35.7 Å². The molecule has 0 amide bonds. The second-order valence-corrected chi connectivity index (χ2v) is 8.79. The van der Waals surface area contributed by atoms with Gasteiger partial charge in [-0.2, -0.15) is 5.26 Å². The highest BCUT2D eigenvalue weighted by molar-refractivity contribution is 5.95. The van der Waals surface area contributed by atoms with Gasteiger partial charge in [0.25, 0.3) is 0 Å². The summed E-state index contributed by atoms with van der Waals surface area (Å²) in [4.78, 5) is 26.4. The van der Waals surface area contributed by atoms with E-state index in [-0.39, 0.29) is 29.5 Å². The number of rotatable bonds is 6. The van der Waals surface area contributed by atoms with Crippen molar-refractivity contribution in [1.82, 2.24) is 9.47 Å². The van der Waals surface area contributed by atoms with Crippen LogP contribution in [-0.2, 0) is 0 Å². The van der Waals surface area contributed by atoms with E-state index in [4.69, 9.17) is 10.00 Å². The maximum atomic E-state index is 15.3. The number of aromatic nitrogens is 1. The Kier molecular flexibility index (Phi) is 5.71. The van der Waals surface area contributed by atoms with Gasteiger partial charge >= 0.3 is 5.97 Å². The Hall–Kier alpha value is -2.92. The summed E-state index contributed by atoms with van der Waals surface area (Å²) in [5.74, 6) is -1.07. The minimum atomic E-state index is -1.32. The lowest BCUT2D eigenvalue weighted by atomic mass is 9.92. The molecule has 1 aliphatic carbocycles. The topological polar surface area (TPSA) is 95.6 Å². The third kappa shape index (κ3) is 3.79. The van der Waals surface area contributed by atoms with Crippen molar-refractivity contribution in [2.24, 2.45) is 5.92 Å². The number of hydrogen-bond acceptors (Lipinski definition) is 5. The van der Waals surface area contributed by atoms with Crippen LogP contribution in [0.3, 0.4) is 0 Å². The summed E-state index contributed by atoms with van der Waals surface area (Å²) in [6, 6.07) is 3.17. The Morgan fingerprint density at radius 2 is 2.23 bits per heavy atom. The van der Waals surface area contributed by atoms with Crippen LogP contribution in [0.15, 0.2) is 17.1 Å². The van der Waals surface area contributed by atoms with E-state index in [9.17, 15) is 14.7 Å². The predicted molar refractivity (Wildman–Crippen MR) is 113 cm³/mol. The molecule has 1 aromatic heterocycles. The first kappa shape index (κ1) is 21.3. The molecule has 0 spiro atoms. The first-order valence-corrected chi connectivity index (χ1v) is 10.6. The fourth-order valence-corrected chi connectivity index (χ4v) is 5.05. The minimum Gasteiger partial charge on any atom is -0.489 e. The normalized spacial score (nSPS) is 22.5. The van der Waals surface area contributed by atoms with Crippen LogP contribution in [0.25, 0.3) is 10.9 Å². The number of pyridine rings is 1. The highest BCUT2D eigenvalue weighted by Crippen LogP contribution is 2.47. The quantitative estimate of drug-likeness (QED) is 0.758. The summed E-state index contributed by atoms with van der Waals surface area (Å²) in [6.45, 7) is 3.73. The van der Waals surface area contributed by atoms with Gasteiger partial charge in [-0.15, -0.1) is 0 Å². The van der Waals surface area contributed by atoms with Gasteiger partial charge < -0.3 is 19.3 Å². The Morgan fingerprint density at radius 1 is 1.45 bits per heavy atom. The van der Waals surface area contributed by atoms with Gasteiger partial charge in [0.1, 0.15) is 23.7 Å². The Bertz CT molecular complexity index is 1140. The molecular weight excluding hydrogens is 401 g/mol. The summed E-state index contributed by atoms with van der Waals surface area (Å²) in [5.41, 5.74) is -0.0650. The second kappa shape index (κ2) is 8.31. The molecule has 8 heteroatoms. The Balaban J connectivity index is 1.73. The SMILES string of the molecule is CC1COc2c(C3CCC(CN(C)CCC#N)C3)c(F)cc3c(=O)c(C(=O)O)cn1c23. The molecule has 2 aromatic rings. The number of carbonyl (C=O) groups is 1. The molecule has 2 heterocycles. The molecule has 0 saturated heterocycles. The molecule has 2 aliphatic rings. The third-order valence-corrected chi connectivity index (χ3v) is 6.56. The number of aromatic carboxylic acids is 1. The average molecular weight is 427 g/mol. The molecule has 164 valence electrons. The van der Waals surface area contributed by atoms with Gasteiger partial charge in [0.05, 0.1) is 23.0 Å². The lowest BCUT2D eigenvalue weighted by Crippen LogP contribution is -2.27. The lowest BCUT2D eigenvalue weighted by molar-refractivity contribution is 0.0694. The number of hydrogen-bond donors (Lipinski definition) is 1. The van der Waals surface area contributed by atoms with Crippen molar-refractivity contribution < 1.29 is 19.0 Å². The summed E-state index contributed by atoms with van der Waals surface area (Å²) >= 11 is 0. The van der Waals surface area contributed by atoms with Crippen molar-refractivity contribution in [2.75, 3.05) is 26.7 Å². The van der Waals surface area contributed by atoms with E-state index in [1.165, 1.54) is 12.3 Å². The van der Waals surface area contributed by atoms with E-state index in [1.54, 1.807) is 4.57 Å². The van der Waals surface area contributed by atoms with Gasteiger partial charge in [0.15, 0.2) is 0 Å². The summed E-state index contributed by atoms with van der Waals surface area (Å²) in [6.07, 6.45) is 4.43. The number of nitrogens with zero attached hydrogens (tertiary/aromatic N) is 3. The van der Waals surface area contributed by atoms with E-state index in [2.05, 4.69) is 11.0 Å². The van der Waals surface area contributed by atoms with Gasteiger partial charge in [0, 0.05) is 31.3 Å². The lowest BCUT2D eigenvalue weighted by Gasteiger charge is -2.30. The minimum absolute atomic E-state index is 0.0233. The fraction of sp³-hybridized carbons (Fsp3) is 0.522. The highest BCUT2D eigenvalue weighted by Gasteiger charge is 2.34. The summed E-state index contributed by atoms with van der Waals surface area (Å²) < 4.78 is 23.0. The number of carboxylic acid groups (broad SMARTS) is 1. The molecule has 31 heavy (non-hydrogen) atoms. The number of halogens is 1. The van der Waals surface area contributed by atoms with Gasteiger partial charge in [-0.05, 0) is 51.1 Å². The molecule has 3 atom stereocenters. The van der Waals surface area contributed by atoms with E-state index < -0.39 is 17.2 Å². The van der Waals surface area contributed by atoms with Gasteiger partial charge in [-0.25, -0.2) is 9.18 Å². The van der Waals surface area contributed by atoms with Gasteiger partial charge in [0.2, 0.25) is 5.43 Å². The van der Waals surface area contributed by atoms with Crippen molar-refractivity contribution in [2.45, 2.75) is 44.6 Å².